The number of nitrogens with zero attached hydrogens (tertiary/aromatic N) is 2. The quantitative estimate of drug-likeness (QED) is 0.531. The van der Waals surface area contributed by atoms with E-state index in [-0.39, 0.29) is 5.91 Å². The van der Waals surface area contributed by atoms with Crippen LogP contribution in [0.3, 0.4) is 0 Å². The number of benzene rings is 2. The van der Waals surface area contributed by atoms with Gasteiger partial charge >= 0.3 is 0 Å². The van der Waals surface area contributed by atoms with Crippen LogP contribution in [0.5, 0.6) is 0 Å². The molecule has 2 atom stereocenters. The second kappa shape index (κ2) is 7.02. The zero-order valence-corrected chi connectivity index (χ0v) is 17.1. The summed E-state index contributed by atoms with van der Waals surface area (Å²) in [4.78, 5) is 15.5. The number of para-hydroxylation sites is 1. The van der Waals surface area contributed by atoms with Crippen LogP contribution in [0, 0.1) is 11.8 Å². The van der Waals surface area contributed by atoms with Gasteiger partial charge in [-0.1, -0.05) is 36.4 Å². The normalized spacial score (nSPS) is 22.1. The lowest BCUT2D eigenvalue weighted by atomic mass is 9.84. The minimum absolute atomic E-state index is 0.0715. The van der Waals surface area contributed by atoms with Crippen LogP contribution in [-0.2, 0) is 13.1 Å². The molecular weight excluding hydrogens is 368 g/mol. The smallest absolute Gasteiger partial charge is 0.258 e. The molecular formula is C27H26N2O. The SMILES string of the molecule is O=C(c1ccc(C2=CCC3CCC2C3)cc1)N1Cc2cccn2Cc2ccccc21. The van der Waals surface area contributed by atoms with Crippen molar-refractivity contribution in [2.75, 3.05) is 4.90 Å². The molecule has 1 saturated carbocycles. The van der Waals surface area contributed by atoms with Crippen molar-refractivity contribution < 1.29 is 4.79 Å². The Labute approximate surface area is 177 Å². The molecule has 0 spiro atoms. The lowest BCUT2D eigenvalue weighted by Gasteiger charge is -2.24. The van der Waals surface area contributed by atoms with E-state index in [9.17, 15) is 4.79 Å². The number of anilines is 1. The van der Waals surface area contributed by atoms with Gasteiger partial charge in [0.05, 0.1) is 6.54 Å². The fraction of sp³-hybridized carbons (Fsp3) is 0.296. The molecule has 1 aliphatic heterocycles. The third-order valence-corrected chi connectivity index (χ3v) is 7.23. The van der Waals surface area contributed by atoms with Crippen molar-refractivity contribution in [2.45, 2.75) is 38.8 Å². The van der Waals surface area contributed by atoms with E-state index in [0.29, 0.717) is 6.54 Å². The number of allylic oxidation sites excluding steroid dienone is 2. The molecule has 3 heteroatoms. The first-order valence-electron chi connectivity index (χ1n) is 11.1. The summed E-state index contributed by atoms with van der Waals surface area (Å²) in [7, 11) is 0. The molecule has 2 aromatic carbocycles. The van der Waals surface area contributed by atoms with Gasteiger partial charge in [0.2, 0.25) is 0 Å². The summed E-state index contributed by atoms with van der Waals surface area (Å²) in [5.41, 5.74) is 6.92. The summed E-state index contributed by atoms with van der Waals surface area (Å²) in [5.74, 6) is 1.69. The Morgan fingerprint density at radius 3 is 2.67 bits per heavy atom. The van der Waals surface area contributed by atoms with Crippen LogP contribution in [0.2, 0.25) is 0 Å². The van der Waals surface area contributed by atoms with E-state index < -0.39 is 0 Å². The van der Waals surface area contributed by atoms with Gasteiger partial charge in [-0.15, -0.1) is 0 Å². The van der Waals surface area contributed by atoms with Crippen molar-refractivity contribution in [3.63, 3.8) is 0 Å². The first-order chi connectivity index (χ1) is 14.8. The number of hydrogen-bond acceptors (Lipinski definition) is 1. The van der Waals surface area contributed by atoms with Crippen LogP contribution in [0.25, 0.3) is 5.57 Å². The van der Waals surface area contributed by atoms with Crippen LogP contribution in [-0.4, -0.2) is 10.5 Å². The molecule has 1 aromatic heterocycles. The first kappa shape index (κ1) is 17.8. The molecule has 3 nitrogen and oxygen atoms in total. The van der Waals surface area contributed by atoms with Gasteiger partial charge in [0.15, 0.2) is 0 Å². The lowest BCUT2D eigenvalue weighted by Crippen LogP contribution is -2.30. The van der Waals surface area contributed by atoms with Gasteiger partial charge in [0.1, 0.15) is 0 Å². The summed E-state index contributed by atoms with van der Waals surface area (Å²) in [5, 5.41) is 0. The van der Waals surface area contributed by atoms with Gasteiger partial charge in [-0.05, 0) is 84.6 Å². The number of fused-ring (bicyclic) bond motifs is 4. The summed E-state index contributed by atoms with van der Waals surface area (Å²) < 4.78 is 2.24. The monoisotopic (exact) mass is 394 g/mol. The molecule has 150 valence electrons. The largest absolute Gasteiger partial charge is 0.345 e. The zero-order valence-electron chi connectivity index (χ0n) is 17.1. The molecule has 1 amide bonds. The maximum absolute atomic E-state index is 13.6. The van der Waals surface area contributed by atoms with Crippen molar-refractivity contribution in [2.24, 2.45) is 11.8 Å². The number of rotatable bonds is 2. The molecule has 2 bridgehead atoms. The van der Waals surface area contributed by atoms with Gasteiger partial charge in [0, 0.05) is 29.7 Å². The van der Waals surface area contributed by atoms with Crippen LogP contribution in [0.4, 0.5) is 5.69 Å². The second-order valence-corrected chi connectivity index (χ2v) is 9.00. The number of hydrogen-bond donors (Lipinski definition) is 0. The first-order valence-corrected chi connectivity index (χ1v) is 11.1. The molecule has 2 unspecified atom stereocenters. The van der Waals surface area contributed by atoms with Crippen molar-refractivity contribution in [1.29, 1.82) is 0 Å². The number of aromatic nitrogens is 1. The van der Waals surface area contributed by atoms with E-state index in [1.165, 1.54) is 48.1 Å². The predicted molar refractivity (Wildman–Crippen MR) is 120 cm³/mol. The number of carbonyl (C=O) groups is 1. The van der Waals surface area contributed by atoms with Gasteiger partial charge in [-0.2, -0.15) is 0 Å². The van der Waals surface area contributed by atoms with E-state index in [1.54, 1.807) is 0 Å². The van der Waals surface area contributed by atoms with Crippen LogP contribution in [0.15, 0.2) is 72.9 Å². The van der Waals surface area contributed by atoms with E-state index in [1.807, 2.05) is 23.1 Å². The lowest BCUT2D eigenvalue weighted by molar-refractivity contribution is 0.0985. The number of carbonyl (C=O) groups excluding carboxylic acids is 1. The summed E-state index contributed by atoms with van der Waals surface area (Å²) >= 11 is 0. The second-order valence-electron chi connectivity index (χ2n) is 9.00. The summed E-state index contributed by atoms with van der Waals surface area (Å²) in [6.07, 6.45) is 9.80. The molecule has 0 saturated heterocycles. The molecule has 1 fully saturated rings. The Bertz CT molecular complexity index is 1140. The zero-order chi connectivity index (χ0) is 20.1. The maximum atomic E-state index is 13.6. The fourth-order valence-corrected chi connectivity index (χ4v) is 5.61. The van der Waals surface area contributed by atoms with E-state index >= 15 is 0 Å². The third kappa shape index (κ3) is 2.92. The van der Waals surface area contributed by atoms with Crippen molar-refractivity contribution >= 4 is 17.2 Å². The fourth-order valence-electron chi connectivity index (χ4n) is 5.61. The highest BCUT2D eigenvalue weighted by molar-refractivity contribution is 6.06. The highest BCUT2D eigenvalue weighted by Crippen LogP contribution is 2.45. The van der Waals surface area contributed by atoms with Crippen molar-refractivity contribution in [3.8, 4) is 0 Å². The third-order valence-electron chi connectivity index (χ3n) is 7.23. The molecule has 0 N–H and O–H groups in total. The topological polar surface area (TPSA) is 25.2 Å². The van der Waals surface area contributed by atoms with E-state index in [4.69, 9.17) is 0 Å². The Balaban J connectivity index is 1.32. The highest BCUT2D eigenvalue weighted by Gasteiger charge is 2.31. The van der Waals surface area contributed by atoms with Gasteiger partial charge < -0.3 is 9.47 Å². The van der Waals surface area contributed by atoms with Gasteiger partial charge in [-0.3, -0.25) is 4.79 Å². The Morgan fingerprint density at radius 1 is 0.900 bits per heavy atom. The van der Waals surface area contributed by atoms with Crippen LogP contribution >= 0.6 is 0 Å². The van der Waals surface area contributed by atoms with Crippen molar-refractivity contribution in [1.82, 2.24) is 4.57 Å². The summed E-state index contributed by atoms with van der Waals surface area (Å²) in [6.45, 7) is 1.40. The molecule has 30 heavy (non-hydrogen) atoms. The minimum Gasteiger partial charge on any atom is -0.345 e. The standard InChI is InChI=1S/C27H26N2O/c30-27(21-12-10-20(11-13-21)25-14-8-19-7-9-22(25)16-19)29-18-24-5-3-15-28(24)17-23-4-1-2-6-26(23)29/h1-6,10-15,19,22H,7-9,16-18H2. The highest BCUT2D eigenvalue weighted by atomic mass is 16.2. The molecule has 3 aliphatic rings. The van der Waals surface area contributed by atoms with Crippen LogP contribution < -0.4 is 4.90 Å². The Kier molecular flexibility index (Phi) is 4.15. The number of amides is 1. The predicted octanol–water partition coefficient (Wildman–Crippen LogP) is 5.90. The molecule has 3 aromatic rings. The molecule has 0 radical (unpaired) electrons. The molecule has 2 aliphatic carbocycles. The molecule has 2 heterocycles. The van der Waals surface area contributed by atoms with Crippen LogP contribution in [0.1, 0.15) is 52.9 Å². The average Bonchev–Trinajstić information content (AvgIpc) is 3.35. The minimum atomic E-state index is 0.0715. The van der Waals surface area contributed by atoms with Crippen molar-refractivity contribution in [3.05, 3.63) is 95.3 Å². The summed E-state index contributed by atoms with van der Waals surface area (Å²) in [6, 6.07) is 20.8. The van der Waals surface area contributed by atoms with E-state index in [0.717, 1.165) is 29.6 Å². The van der Waals surface area contributed by atoms with E-state index in [2.05, 4.69) is 59.3 Å². The maximum Gasteiger partial charge on any atom is 0.258 e. The van der Waals surface area contributed by atoms with Gasteiger partial charge in [-0.25, -0.2) is 0 Å². The van der Waals surface area contributed by atoms with Gasteiger partial charge in [0.25, 0.3) is 5.91 Å². The molecule has 6 rings (SSSR count). The Morgan fingerprint density at radius 2 is 1.77 bits per heavy atom. The average molecular weight is 395 g/mol. The Hall–Kier alpha value is -3.07.